The molecule has 0 spiro atoms. The molecule has 0 bridgehead atoms. The van der Waals surface area contributed by atoms with Crippen LogP contribution in [0.15, 0.2) is 65.6 Å². The van der Waals surface area contributed by atoms with E-state index in [2.05, 4.69) is 23.5 Å². The summed E-state index contributed by atoms with van der Waals surface area (Å²) in [5.74, 6) is -0.148. The molecule has 0 unspecified atom stereocenters. The van der Waals surface area contributed by atoms with Gasteiger partial charge in [0.15, 0.2) is 0 Å². The van der Waals surface area contributed by atoms with Gasteiger partial charge < -0.3 is 11.1 Å². The zero-order valence-corrected chi connectivity index (χ0v) is 14.8. The topological polar surface area (TPSA) is 55.1 Å². The lowest BCUT2D eigenvalue weighted by Gasteiger charge is -2.09. The number of amides is 1. The Balaban J connectivity index is 1.77. The fraction of sp³-hybridized carbons (Fsp3) is 0. The van der Waals surface area contributed by atoms with Gasteiger partial charge in [-0.2, -0.15) is 0 Å². The lowest BCUT2D eigenvalue weighted by Crippen LogP contribution is -2.17. The summed E-state index contributed by atoms with van der Waals surface area (Å²) in [4.78, 5) is 12.4. The number of rotatable bonds is 2. The Morgan fingerprint density at radius 2 is 1.76 bits per heavy atom. The van der Waals surface area contributed by atoms with E-state index in [1.54, 1.807) is 0 Å². The molecule has 1 aliphatic heterocycles. The van der Waals surface area contributed by atoms with Crippen molar-refractivity contribution in [1.82, 2.24) is 5.32 Å². The second-order valence-electron chi connectivity index (χ2n) is 5.76. The number of thioether (sulfide) groups is 1. The maximum Gasteiger partial charge on any atom is 0.263 e. The van der Waals surface area contributed by atoms with Crippen LogP contribution in [0.5, 0.6) is 0 Å². The van der Waals surface area contributed by atoms with E-state index in [1.807, 2.05) is 48.5 Å². The first-order valence-corrected chi connectivity index (χ1v) is 8.96. The Labute approximate surface area is 154 Å². The van der Waals surface area contributed by atoms with Gasteiger partial charge in [-0.25, -0.2) is 0 Å². The lowest BCUT2D eigenvalue weighted by atomic mass is 9.98. The monoisotopic (exact) mass is 362 g/mol. The Bertz CT molecular complexity index is 1060. The number of carbonyl (C=O) groups excluding carboxylic acids is 1. The standard InChI is InChI=1S/C20H14N2OS2/c21-17-11-14-6-2-1-5-13(14)10-16(17)15-7-3-4-12(8-15)9-18-19(23)22-20(24)25-18/h1-11H,21H2,(H,22,23,24)/b18-9-. The molecule has 0 aromatic heterocycles. The molecule has 0 atom stereocenters. The van der Waals surface area contributed by atoms with Gasteiger partial charge in [0.25, 0.3) is 5.91 Å². The van der Waals surface area contributed by atoms with Crippen LogP contribution in [0.1, 0.15) is 5.56 Å². The van der Waals surface area contributed by atoms with E-state index in [-0.39, 0.29) is 5.91 Å². The second kappa shape index (κ2) is 6.35. The fourth-order valence-electron chi connectivity index (χ4n) is 2.88. The highest BCUT2D eigenvalue weighted by Gasteiger charge is 2.21. The Morgan fingerprint density at radius 1 is 1.00 bits per heavy atom. The Hall–Kier alpha value is -2.63. The van der Waals surface area contributed by atoms with Crippen molar-refractivity contribution in [2.24, 2.45) is 0 Å². The van der Waals surface area contributed by atoms with E-state index < -0.39 is 0 Å². The average Bonchev–Trinajstić information content (AvgIpc) is 2.91. The molecule has 25 heavy (non-hydrogen) atoms. The number of hydrogen-bond acceptors (Lipinski definition) is 4. The maximum atomic E-state index is 11.8. The zero-order chi connectivity index (χ0) is 17.4. The van der Waals surface area contributed by atoms with E-state index in [1.165, 1.54) is 11.8 Å². The molecule has 122 valence electrons. The number of nitrogen functional groups attached to an aromatic ring is 1. The highest BCUT2D eigenvalue weighted by molar-refractivity contribution is 8.26. The highest BCUT2D eigenvalue weighted by atomic mass is 32.2. The van der Waals surface area contributed by atoms with Crippen LogP contribution >= 0.6 is 24.0 Å². The third-order valence-electron chi connectivity index (χ3n) is 4.06. The lowest BCUT2D eigenvalue weighted by molar-refractivity contribution is -0.115. The SMILES string of the molecule is Nc1cc2ccccc2cc1-c1cccc(/C=C2\SC(=S)NC2=O)c1. The number of nitrogens with two attached hydrogens (primary N) is 1. The number of thiocarbonyl (C=S) groups is 1. The number of benzene rings is 3. The molecule has 0 saturated carbocycles. The maximum absolute atomic E-state index is 11.8. The quantitative estimate of drug-likeness (QED) is 0.398. The van der Waals surface area contributed by atoms with Crippen LogP contribution in [-0.2, 0) is 4.79 Å². The summed E-state index contributed by atoms with van der Waals surface area (Å²) in [6.07, 6.45) is 1.85. The molecule has 1 fully saturated rings. The number of fused-ring (bicyclic) bond motifs is 1. The first-order valence-electron chi connectivity index (χ1n) is 7.74. The van der Waals surface area contributed by atoms with Gasteiger partial charge in [0, 0.05) is 11.3 Å². The van der Waals surface area contributed by atoms with Gasteiger partial charge in [-0.3, -0.25) is 4.79 Å². The third kappa shape index (κ3) is 3.16. The second-order valence-corrected chi connectivity index (χ2v) is 7.48. The molecule has 1 aliphatic rings. The van der Waals surface area contributed by atoms with Crippen molar-refractivity contribution in [3.8, 4) is 11.1 Å². The molecule has 4 rings (SSSR count). The average molecular weight is 362 g/mol. The summed E-state index contributed by atoms with van der Waals surface area (Å²) in [5.41, 5.74) is 9.94. The molecule has 0 aliphatic carbocycles. The summed E-state index contributed by atoms with van der Waals surface area (Å²) in [5, 5.41) is 4.89. The van der Waals surface area contributed by atoms with Crippen molar-refractivity contribution < 1.29 is 4.79 Å². The minimum absolute atomic E-state index is 0.148. The molecule has 3 aromatic carbocycles. The summed E-state index contributed by atoms with van der Waals surface area (Å²) in [6.45, 7) is 0. The van der Waals surface area contributed by atoms with E-state index in [0.29, 0.717) is 9.23 Å². The first-order chi connectivity index (χ1) is 12.1. The van der Waals surface area contributed by atoms with E-state index in [0.717, 1.165) is 33.2 Å². The zero-order valence-electron chi connectivity index (χ0n) is 13.2. The van der Waals surface area contributed by atoms with E-state index >= 15 is 0 Å². The van der Waals surface area contributed by atoms with Crippen LogP contribution in [0, 0.1) is 0 Å². The van der Waals surface area contributed by atoms with Crippen LogP contribution in [0.25, 0.3) is 28.0 Å². The van der Waals surface area contributed by atoms with Crippen molar-refractivity contribution in [2.45, 2.75) is 0 Å². The molecule has 1 heterocycles. The van der Waals surface area contributed by atoms with Gasteiger partial charge in [0.05, 0.1) is 4.91 Å². The summed E-state index contributed by atoms with van der Waals surface area (Å²) in [7, 11) is 0. The molecular weight excluding hydrogens is 348 g/mol. The highest BCUT2D eigenvalue weighted by Crippen LogP contribution is 2.32. The molecule has 1 amide bonds. The molecule has 1 saturated heterocycles. The van der Waals surface area contributed by atoms with Crippen molar-refractivity contribution in [2.75, 3.05) is 5.73 Å². The van der Waals surface area contributed by atoms with Crippen LogP contribution < -0.4 is 11.1 Å². The van der Waals surface area contributed by atoms with Crippen LogP contribution in [0.3, 0.4) is 0 Å². The van der Waals surface area contributed by atoms with Crippen molar-refractivity contribution in [1.29, 1.82) is 0 Å². The van der Waals surface area contributed by atoms with Crippen molar-refractivity contribution >= 4 is 56.7 Å². The number of carbonyl (C=O) groups is 1. The Kier molecular flexibility index (Phi) is 4.03. The smallest absolute Gasteiger partial charge is 0.263 e. The van der Waals surface area contributed by atoms with E-state index in [4.69, 9.17) is 18.0 Å². The van der Waals surface area contributed by atoms with Crippen LogP contribution in [0.2, 0.25) is 0 Å². The van der Waals surface area contributed by atoms with Gasteiger partial charge in [-0.15, -0.1) is 0 Å². The number of anilines is 1. The predicted molar refractivity (Wildman–Crippen MR) is 110 cm³/mol. The van der Waals surface area contributed by atoms with Crippen LogP contribution in [-0.4, -0.2) is 10.2 Å². The Morgan fingerprint density at radius 3 is 2.48 bits per heavy atom. The largest absolute Gasteiger partial charge is 0.398 e. The van der Waals surface area contributed by atoms with Gasteiger partial charge in [-0.1, -0.05) is 66.4 Å². The number of nitrogens with one attached hydrogen (secondary N) is 1. The minimum atomic E-state index is -0.148. The van der Waals surface area contributed by atoms with Crippen LogP contribution in [0.4, 0.5) is 5.69 Å². The molecule has 3 N–H and O–H groups in total. The summed E-state index contributed by atoms with van der Waals surface area (Å²) in [6, 6.07) is 20.2. The fourth-order valence-corrected chi connectivity index (χ4v) is 3.92. The van der Waals surface area contributed by atoms with Gasteiger partial charge >= 0.3 is 0 Å². The van der Waals surface area contributed by atoms with Gasteiger partial charge in [-0.05, 0) is 46.2 Å². The van der Waals surface area contributed by atoms with Gasteiger partial charge in [0.1, 0.15) is 4.32 Å². The molecule has 3 aromatic rings. The molecule has 5 heteroatoms. The number of hydrogen-bond donors (Lipinski definition) is 2. The predicted octanol–water partition coefficient (Wildman–Crippen LogP) is 4.58. The summed E-state index contributed by atoms with van der Waals surface area (Å²) >= 11 is 6.31. The van der Waals surface area contributed by atoms with Crippen molar-refractivity contribution in [3.63, 3.8) is 0 Å². The van der Waals surface area contributed by atoms with Crippen molar-refractivity contribution in [3.05, 3.63) is 71.1 Å². The minimum Gasteiger partial charge on any atom is -0.398 e. The molecule has 0 radical (unpaired) electrons. The van der Waals surface area contributed by atoms with E-state index in [9.17, 15) is 4.79 Å². The normalized spacial score (nSPS) is 15.8. The van der Waals surface area contributed by atoms with Gasteiger partial charge in [0.2, 0.25) is 0 Å². The summed E-state index contributed by atoms with van der Waals surface area (Å²) < 4.78 is 0.492. The first kappa shape index (κ1) is 15.9. The third-order valence-corrected chi connectivity index (χ3v) is 5.22. The molecular formula is C20H14N2OS2. The molecule has 3 nitrogen and oxygen atoms in total.